The van der Waals surface area contributed by atoms with E-state index in [1.54, 1.807) is 0 Å². The molecule has 2 N–H and O–H groups in total. The van der Waals surface area contributed by atoms with Gasteiger partial charge in [-0.05, 0) is 68.7 Å². The molecule has 23 heavy (non-hydrogen) atoms. The van der Waals surface area contributed by atoms with E-state index < -0.39 is 0 Å². The number of nitrogens with zero attached hydrogens (tertiary/aromatic N) is 1. The number of hydrogen-bond acceptors (Lipinski definition) is 3. The standard InChI is InChI=1S/C18H23ClN2O.CH4/c19-13-8-9-15-17(12-13)21-16-7-3-2-6-14(16)18(15)20-10-4-1-5-11-22;/h8-9,12,22H,1-7,10-11H2,(H,20,21);1H4. The van der Waals surface area contributed by atoms with Gasteiger partial charge in [0.15, 0.2) is 0 Å². The Labute approximate surface area is 144 Å². The molecule has 2 aromatic rings. The Morgan fingerprint density at radius 3 is 2.78 bits per heavy atom. The average Bonchev–Trinajstić information content (AvgIpc) is 2.53. The van der Waals surface area contributed by atoms with Crippen LogP contribution in [0.3, 0.4) is 0 Å². The summed E-state index contributed by atoms with van der Waals surface area (Å²) in [7, 11) is 0. The van der Waals surface area contributed by atoms with E-state index in [1.165, 1.54) is 35.2 Å². The lowest BCUT2D eigenvalue weighted by atomic mass is 9.92. The quantitative estimate of drug-likeness (QED) is 0.732. The molecule has 1 aliphatic rings. The van der Waals surface area contributed by atoms with Gasteiger partial charge in [-0.25, -0.2) is 0 Å². The number of aromatic nitrogens is 1. The third-order valence-electron chi connectivity index (χ3n) is 4.36. The van der Waals surface area contributed by atoms with E-state index in [4.69, 9.17) is 21.7 Å². The van der Waals surface area contributed by atoms with Crippen molar-refractivity contribution in [3.63, 3.8) is 0 Å². The van der Waals surface area contributed by atoms with Gasteiger partial charge < -0.3 is 10.4 Å². The SMILES string of the molecule is C.OCCCCCNc1c2c(nc3cc(Cl)ccc13)CCCC2. The molecular formula is C19H27ClN2O. The number of anilines is 1. The highest BCUT2D eigenvalue weighted by molar-refractivity contribution is 6.31. The monoisotopic (exact) mass is 334 g/mol. The Morgan fingerprint density at radius 2 is 1.96 bits per heavy atom. The number of fused-ring (bicyclic) bond motifs is 2. The van der Waals surface area contributed by atoms with Gasteiger partial charge in [-0.2, -0.15) is 0 Å². The second kappa shape index (κ2) is 8.51. The highest BCUT2D eigenvalue weighted by atomic mass is 35.5. The average molecular weight is 335 g/mol. The zero-order valence-corrected chi connectivity index (χ0v) is 13.6. The number of benzene rings is 1. The van der Waals surface area contributed by atoms with Crippen LogP contribution in [-0.2, 0) is 12.8 Å². The molecule has 1 aliphatic carbocycles. The fourth-order valence-electron chi connectivity index (χ4n) is 3.23. The fraction of sp³-hybridized carbons (Fsp3) is 0.526. The molecule has 0 fully saturated rings. The zero-order valence-electron chi connectivity index (χ0n) is 12.9. The van der Waals surface area contributed by atoms with Gasteiger partial charge in [0.25, 0.3) is 0 Å². The van der Waals surface area contributed by atoms with Crippen LogP contribution in [0.2, 0.25) is 5.02 Å². The van der Waals surface area contributed by atoms with E-state index in [2.05, 4.69) is 11.4 Å². The maximum absolute atomic E-state index is 8.87. The van der Waals surface area contributed by atoms with Crippen molar-refractivity contribution in [1.29, 1.82) is 0 Å². The molecule has 1 aromatic carbocycles. The second-order valence-corrected chi connectivity index (χ2v) is 6.43. The van der Waals surface area contributed by atoms with Gasteiger partial charge in [0.2, 0.25) is 0 Å². The first-order valence-corrected chi connectivity index (χ1v) is 8.63. The van der Waals surface area contributed by atoms with E-state index in [-0.39, 0.29) is 14.0 Å². The number of unbranched alkanes of at least 4 members (excludes halogenated alkanes) is 2. The lowest BCUT2D eigenvalue weighted by molar-refractivity contribution is 0.283. The summed E-state index contributed by atoms with van der Waals surface area (Å²) in [6.07, 6.45) is 7.66. The van der Waals surface area contributed by atoms with Crippen molar-refractivity contribution in [2.24, 2.45) is 0 Å². The van der Waals surface area contributed by atoms with Crippen molar-refractivity contribution in [2.45, 2.75) is 52.4 Å². The minimum atomic E-state index is 0. The van der Waals surface area contributed by atoms with Crippen molar-refractivity contribution in [2.75, 3.05) is 18.5 Å². The molecule has 3 nitrogen and oxygen atoms in total. The number of hydrogen-bond donors (Lipinski definition) is 2. The molecule has 0 aliphatic heterocycles. The van der Waals surface area contributed by atoms with Crippen LogP contribution in [-0.4, -0.2) is 23.2 Å². The van der Waals surface area contributed by atoms with Crippen LogP contribution in [0.15, 0.2) is 18.2 Å². The number of halogens is 1. The lowest BCUT2D eigenvalue weighted by Crippen LogP contribution is -2.12. The molecular weight excluding hydrogens is 308 g/mol. The lowest BCUT2D eigenvalue weighted by Gasteiger charge is -2.21. The smallest absolute Gasteiger partial charge is 0.0741 e. The molecule has 126 valence electrons. The first-order chi connectivity index (χ1) is 10.8. The van der Waals surface area contributed by atoms with Crippen molar-refractivity contribution in [3.8, 4) is 0 Å². The Bertz CT molecular complexity index is 657. The van der Waals surface area contributed by atoms with Crippen molar-refractivity contribution >= 4 is 28.2 Å². The molecule has 1 aromatic heterocycles. The van der Waals surface area contributed by atoms with E-state index in [1.807, 2.05) is 12.1 Å². The van der Waals surface area contributed by atoms with Crippen LogP contribution in [0, 0.1) is 0 Å². The van der Waals surface area contributed by atoms with E-state index in [9.17, 15) is 0 Å². The van der Waals surface area contributed by atoms with Crippen LogP contribution in [0.5, 0.6) is 0 Å². The van der Waals surface area contributed by atoms with Gasteiger partial charge >= 0.3 is 0 Å². The molecule has 0 saturated heterocycles. The molecule has 3 rings (SSSR count). The van der Waals surface area contributed by atoms with Crippen molar-refractivity contribution in [1.82, 2.24) is 4.98 Å². The van der Waals surface area contributed by atoms with Gasteiger partial charge in [0, 0.05) is 34.9 Å². The Kier molecular flexibility index (Phi) is 6.67. The summed E-state index contributed by atoms with van der Waals surface area (Å²) >= 11 is 6.13. The molecule has 0 atom stereocenters. The molecule has 0 spiro atoms. The molecule has 0 bridgehead atoms. The maximum atomic E-state index is 8.87. The first-order valence-electron chi connectivity index (χ1n) is 8.25. The summed E-state index contributed by atoms with van der Waals surface area (Å²) in [5.41, 5.74) is 4.87. The Hall–Kier alpha value is -1.32. The van der Waals surface area contributed by atoms with Crippen LogP contribution in [0.4, 0.5) is 5.69 Å². The maximum Gasteiger partial charge on any atom is 0.0741 e. The van der Waals surface area contributed by atoms with Crippen LogP contribution < -0.4 is 5.32 Å². The topological polar surface area (TPSA) is 45.1 Å². The number of aliphatic hydroxyl groups is 1. The second-order valence-electron chi connectivity index (χ2n) is 5.99. The van der Waals surface area contributed by atoms with Gasteiger partial charge in [0.1, 0.15) is 0 Å². The molecule has 0 saturated carbocycles. The molecule has 0 amide bonds. The Balaban J connectivity index is 0.00000192. The van der Waals surface area contributed by atoms with Crippen LogP contribution >= 0.6 is 11.6 Å². The molecule has 0 radical (unpaired) electrons. The number of aliphatic hydroxyl groups excluding tert-OH is 1. The minimum absolute atomic E-state index is 0. The van der Waals surface area contributed by atoms with Gasteiger partial charge in [-0.15, -0.1) is 0 Å². The third-order valence-corrected chi connectivity index (χ3v) is 4.60. The summed E-state index contributed by atoms with van der Waals surface area (Å²) in [5.74, 6) is 0. The zero-order chi connectivity index (χ0) is 15.4. The predicted octanol–water partition coefficient (Wildman–Crippen LogP) is 4.98. The molecule has 1 heterocycles. The third kappa shape index (κ3) is 4.15. The predicted molar refractivity (Wildman–Crippen MR) is 99.6 cm³/mol. The minimum Gasteiger partial charge on any atom is -0.396 e. The summed E-state index contributed by atoms with van der Waals surface area (Å²) in [4.78, 5) is 4.84. The first kappa shape index (κ1) is 18.0. The number of nitrogens with one attached hydrogen (secondary N) is 1. The van der Waals surface area contributed by atoms with Crippen molar-refractivity contribution < 1.29 is 5.11 Å². The normalized spacial score (nSPS) is 13.5. The summed E-state index contributed by atoms with van der Waals surface area (Å²) in [5, 5.41) is 14.4. The molecule has 0 unspecified atom stereocenters. The molecule has 4 heteroatoms. The fourth-order valence-corrected chi connectivity index (χ4v) is 3.39. The van der Waals surface area contributed by atoms with Gasteiger partial charge in [-0.3, -0.25) is 4.98 Å². The number of rotatable bonds is 6. The Morgan fingerprint density at radius 1 is 1.13 bits per heavy atom. The van der Waals surface area contributed by atoms with E-state index in [0.29, 0.717) is 0 Å². The van der Waals surface area contributed by atoms with E-state index in [0.717, 1.165) is 49.2 Å². The highest BCUT2D eigenvalue weighted by Crippen LogP contribution is 2.34. The van der Waals surface area contributed by atoms with Crippen LogP contribution in [0.25, 0.3) is 10.9 Å². The highest BCUT2D eigenvalue weighted by Gasteiger charge is 2.18. The van der Waals surface area contributed by atoms with Gasteiger partial charge in [-0.1, -0.05) is 19.0 Å². The van der Waals surface area contributed by atoms with Crippen molar-refractivity contribution in [3.05, 3.63) is 34.5 Å². The largest absolute Gasteiger partial charge is 0.396 e. The summed E-state index contributed by atoms with van der Waals surface area (Å²) < 4.78 is 0. The van der Waals surface area contributed by atoms with E-state index >= 15 is 0 Å². The van der Waals surface area contributed by atoms with Gasteiger partial charge in [0.05, 0.1) is 5.52 Å². The summed E-state index contributed by atoms with van der Waals surface area (Å²) in [6.45, 7) is 1.22. The summed E-state index contributed by atoms with van der Waals surface area (Å²) in [6, 6.07) is 5.98. The number of aryl methyl sites for hydroxylation is 1. The number of pyridine rings is 1. The van der Waals surface area contributed by atoms with Crippen LogP contribution in [0.1, 0.15) is 50.8 Å².